The molecule has 0 saturated carbocycles. The maximum atomic E-state index is 14.5. The molecule has 1 aromatic carbocycles. The molecule has 2 aromatic heterocycles. The average molecular weight is 673 g/mol. The molecular formula is C25H23F7N4O6S2. The topological polar surface area (TPSA) is 113 Å². The minimum atomic E-state index is -5.14. The van der Waals surface area contributed by atoms with Gasteiger partial charge in [-0.25, -0.2) is 9.37 Å². The van der Waals surface area contributed by atoms with Gasteiger partial charge in [-0.2, -0.15) is 39.9 Å². The summed E-state index contributed by atoms with van der Waals surface area (Å²) in [5.74, 6) is -1.66. The fourth-order valence-corrected chi connectivity index (χ4v) is 6.31. The second-order valence-corrected chi connectivity index (χ2v) is 12.5. The fraction of sp³-hybridized carbons (Fsp3) is 0.480. The first-order valence-electron chi connectivity index (χ1n) is 12.9. The van der Waals surface area contributed by atoms with Gasteiger partial charge in [0.15, 0.2) is 5.69 Å². The summed E-state index contributed by atoms with van der Waals surface area (Å²) in [4.78, 5) is 18.5. The van der Waals surface area contributed by atoms with Crippen molar-refractivity contribution in [2.45, 2.75) is 57.2 Å². The molecule has 2 aliphatic rings. The van der Waals surface area contributed by atoms with Crippen LogP contribution in [0.1, 0.15) is 58.3 Å². The van der Waals surface area contributed by atoms with Gasteiger partial charge in [-0.05, 0) is 25.0 Å². The van der Waals surface area contributed by atoms with Crippen LogP contribution in [0.5, 0.6) is 5.75 Å². The maximum Gasteiger partial charge on any atom is 0.435 e. The van der Waals surface area contributed by atoms with Gasteiger partial charge in [0.1, 0.15) is 29.5 Å². The zero-order valence-corrected chi connectivity index (χ0v) is 24.2. The van der Waals surface area contributed by atoms with Gasteiger partial charge >= 0.3 is 22.5 Å². The van der Waals surface area contributed by atoms with Crippen molar-refractivity contribution in [3.05, 3.63) is 62.6 Å². The molecule has 0 N–H and O–H groups in total. The van der Waals surface area contributed by atoms with Crippen molar-refractivity contribution in [3.8, 4) is 5.75 Å². The lowest BCUT2D eigenvalue weighted by Gasteiger charge is -2.31. The van der Waals surface area contributed by atoms with Crippen molar-refractivity contribution < 1.29 is 57.6 Å². The minimum Gasteiger partial charge on any atom is -0.382 e. The van der Waals surface area contributed by atoms with Crippen LogP contribution < -0.4 is 4.18 Å². The molecule has 19 heteroatoms. The number of thiazole rings is 1. The van der Waals surface area contributed by atoms with Gasteiger partial charge in [-0.3, -0.25) is 9.48 Å². The molecule has 1 amide bonds. The number of aromatic nitrogens is 3. The van der Waals surface area contributed by atoms with Crippen LogP contribution in [0.2, 0.25) is 0 Å². The number of piperidine rings is 1. The average Bonchev–Trinajstić information content (AvgIpc) is 3.53. The number of ether oxygens (including phenoxy) is 2. The summed E-state index contributed by atoms with van der Waals surface area (Å²) in [6.07, 6.45) is -9.65. The summed E-state index contributed by atoms with van der Waals surface area (Å²) in [6.45, 7) is -1.24. The van der Waals surface area contributed by atoms with E-state index in [0.29, 0.717) is 23.5 Å². The minimum absolute atomic E-state index is 0.0253. The van der Waals surface area contributed by atoms with Crippen molar-refractivity contribution >= 4 is 27.4 Å². The number of nitrogens with zero attached hydrogens (tertiary/aromatic N) is 4. The Balaban J connectivity index is 1.21. The van der Waals surface area contributed by atoms with Gasteiger partial charge in [-0.1, -0.05) is 0 Å². The van der Waals surface area contributed by atoms with Crippen molar-refractivity contribution in [1.82, 2.24) is 19.7 Å². The number of alkyl halides is 6. The second-order valence-electron chi connectivity index (χ2n) is 10.1. The molecule has 44 heavy (non-hydrogen) atoms. The number of fused-ring (bicyclic) bond motifs is 1. The number of likely N-dealkylation sites (tertiary alicyclic amines) is 1. The molecule has 1 atom stereocenters. The summed E-state index contributed by atoms with van der Waals surface area (Å²) < 4.78 is 133. The van der Waals surface area contributed by atoms with E-state index >= 15 is 0 Å². The highest BCUT2D eigenvalue weighted by atomic mass is 32.2. The molecule has 0 radical (unpaired) electrons. The molecule has 10 nitrogen and oxygen atoms in total. The van der Waals surface area contributed by atoms with Crippen LogP contribution in [0.4, 0.5) is 30.7 Å². The Kier molecular flexibility index (Phi) is 8.69. The monoisotopic (exact) mass is 672 g/mol. The van der Waals surface area contributed by atoms with Crippen LogP contribution in [-0.4, -0.2) is 53.3 Å². The first-order chi connectivity index (χ1) is 20.5. The Bertz CT molecular complexity index is 1650. The predicted octanol–water partition coefficient (Wildman–Crippen LogP) is 5.01. The lowest BCUT2D eigenvalue weighted by molar-refractivity contribution is -0.155. The quantitative estimate of drug-likeness (QED) is 0.266. The molecule has 1 saturated heterocycles. The normalized spacial score (nSPS) is 18.6. The molecule has 0 spiro atoms. The summed E-state index contributed by atoms with van der Waals surface area (Å²) in [5, 5.41) is 5.31. The van der Waals surface area contributed by atoms with Crippen molar-refractivity contribution in [3.63, 3.8) is 0 Å². The van der Waals surface area contributed by atoms with Crippen LogP contribution in [0.3, 0.4) is 0 Å². The number of carbonyl (C=O) groups excluding carboxylic acids is 1. The van der Waals surface area contributed by atoms with Gasteiger partial charge < -0.3 is 18.6 Å². The lowest BCUT2D eigenvalue weighted by Crippen LogP contribution is -2.40. The zero-order valence-electron chi connectivity index (χ0n) is 22.6. The molecule has 4 heterocycles. The number of hydrogen-bond donors (Lipinski definition) is 0. The number of amides is 1. The predicted molar refractivity (Wildman–Crippen MR) is 137 cm³/mol. The Labute approximate surface area is 249 Å². The molecule has 5 rings (SSSR count). The summed E-state index contributed by atoms with van der Waals surface area (Å²) in [6, 6.07) is 2.12. The lowest BCUT2D eigenvalue weighted by atomic mass is 9.97. The third kappa shape index (κ3) is 7.16. The molecule has 1 unspecified atom stereocenters. The van der Waals surface area contributed by atoms with Crippen molar-refractivity contribution in [2.24, 2.45) is 0 Å². The fourth-order valence-electron chi connectivity index (χ4n) is 4.84. The SMILES string of the molecule is CS(=O)(=O)Oc1ccc(F)c2c1COC(c1csc(C3CCN(C(=O)Cn4nc(C(F)(F)F)cc4C(F)(F)F)CC3)n1)OC2. The molecule has 2 aliphatic heterocycles. The molecule has 3 aromatic rings. The molecular weight excluding hydrogens is 649 g/mol. The first kappa shape index (κ1) is 32.1. The standard InChI is InChI=1S/C25H23F7N4O6S2/c1-44(38,39)42-18-3-2-16(26)14-10-40-23(41-11-15(14)18)17-12-43-22(33-17)13-4-6-35(7-5-13)21(37)9-36-20(25(30,31)32)8-19(34-36)24(27,28)29/h2-3,8,12-13,23H,4-7,9-11H2,1H3. The Hall–Kier alpha value is -3.29. The smallest absolute Gasteiger partial charge is 0.382 e. The third-order valence-electron chi connectivity index (χ3n) is 6.95. The van der Waals surface area contributed by atoms with Crippen LogP contribution in [0.15, 0.2) is 23.6 Å². The van der Waals surface area contributed by atoms with Gasteiger partial charge in [-0.15, -0.1) is 11.3 Å². The number of rotatable bonds is 6. The second kappa shape index (κ2) is 11.9. The summed E-state index contributed by atoms with van der Waals surface area (Å²) in [5.41, 5.74) is -2.78. The van der Waals surface area contributed by atoms with E-state index in [1.54, 1.807) is 5.38 Å². The van der Waals surface area contributed by atoms with Crippen LogP contribution in [0, 0.1) is 5.82 Å². The van der Waals surface area contributed by atoms with Crippen LogP contribution in [-0.2, 0) is 56.5 Å². The molecule has 1 fully saturated rings. The number of hydrogen-bond acceptors (Lipinski definition) is 9. The van der Waals surface area contributed by atoms with E-state index < -0.39 is 58.4 Å². The highest BCUT2D eigenvalue weighted by Gasteiger charge is 2.42. The Morgan fingerprint density at radius 3 is 2.34 bits per heavy atom. The first-order valence-corrected chi connectivity index (χ1v) is 15.6. The van der Waals surface area contributed by atoms with E-state index in [9.17, 15) is 43.9 Å². The van der Waals surface area contributed by atoms with E-state index in [1.165, 1.54) is 22.3 Å². The van der Waals surface area contributed by atoms with E-state index in [4.69, 9.17) is 13.7 Å². The Morgan fingerprint density at radius 1 is 1.07 bits per heavy atom. The van der Waals surface area contributed by atoms with Crippen molar-refractivity contribution in [1.29, 1.82) is 0 Å². The van der Waals surface area contributed by atoms with Gasteiger partial charge in [0, 0.05) is 41.6 Å². The maximum absolute atomic E-state index is 14.5. The van der Waals surface area contributed by atoms with Gasteiger partial charge in [0.2, 0.25) is 12.2 Å². The highest BCUT2D eigenvalue weighted by Crippen LogP contribution is 2.38. The molecule has 240 valence electrons. The van der Waals surface area contributed by atoms with Crippen LogP contribution >= 0.6 is 11.3 Å². The van der Waals surface area contributed by atoms with E-state index in [-0.39, 0.29) is 59.8 Å². The molecule has 0 bridgehead atoms. The number of halogens is 7. The zero-order chi connectivity index (χ0) is 32.0. The van der Waals surface area contributed by atoms with Crippen LogP contribution in [0.25, 0.3) is 0 Å². The summed E-state index contributed by atoms with van der Waals surface area (Å²) >= 11 is 1.28. The van der Waals surface area contributed by atoms with Crippen molar-refractivity contribution in [2.75, 3.05) is 19.3 Å². The third-order valence-corrected chi connectivity index (χ3v) is 8.46. The molecule has 0 aliphatic carbocycles. The Morgan fingerprint density at radius 2 is 1.73 bits per heavy atom. The van der Waals surface area contributed by atoms with E-state index in [1.807, 2.05) is 0 Å². The number of benzene rings is 1. The number of carbonyl (C=O) groups is 1. The summed E-state index contributed by atoms with van der Waals surface area (Å²) in [7, 11) is -3.89. The van der Waals surface area contributed by atoms with E-state index in [0.717, 1.165) is 12.3 Å². The highest BCUT2D eigenvalue weighted by molar-refractivity contribution is 7.86. The largest absolute Gasteiger partial charge is 0.435 e. The van der Waals surface area contributed by atoms with Gasteiger partial charge in [0.25, 0.3) is 0 Å². The van der Waals surface area contributed by atoms with E-state index in [2.05, 4.69) is 10.1 Å². The van der Waals surface area contributed by atoms with Gasteiger partial charge in [0.05, 0.1) is 24.5 Å².